The van der Waals surface area contributed by atoms with Crippen LogP contribution in [0, 0.1) is 5.41 Å². The number of rotatable bonds is 5. The lowest BCUT2D eigenvalue weighted by Gasteiger charge is -2.17. The van der Waals surface area contributed by atoms with Gasteiger partial charge in [0, 0.05) is 12.5 Å². The molecule has 0 spiro atoms. The van der Waals surface area contributed by atoms with Crippen LogP contribution in [0.2, 0.25) is 0 Å². The van der Waals surface area contributed by atoms with Gasteiger partial charge in [0.25, 0.3) is 0 Å². The van der Waals surface area contributed by atoms with Crippen molar-refractivity contribution in [3.63, 3.8) is 0 Å². The van der Waals surface area contributed by atoms with Crippen molar-refractivity contribution in [1.82, 2.24) is 5.32 Å². The minimum absolute atomic E-state index is 0.00497. The van der Waals surface area contributed by atoms with Gasteiger partial charge in [-0.2, -0.15) is 0 Å². The second kappa shape index (κ2) is 6.02. The summed E-state index contributed by atoms with van der Waals surface area (Å²) in [6.45, 7) is 8.30. The first-order chi connectivity index (χ1) is 6.35. The minimum Gasteiger partial charge on any atom is -0.394 e. The average Bonchev–Trinajstić information content (AvgIpc) is 2.01. The van der Waals surface area contributed by atoms with E-state index < -0.39 is 0 Å². The van der Waals surface area contributed by atoms with Gasteiger partial charge in [-0.15, -0.1) is 0 Å². The van der Waals surface area contributed by atoms with Crippen LogP contribution in [0.5, 0.6) is 0 Å². The Morgan fingerprint density at radius 3 is 2.43 bits per heavy atom. The van der Waals surface area contributed by atoms with E-state index in [1.54, 1.807) is 6.92 Å². The fourth-order valence-corrected chi connectivity index (χ4v) is 1.17. The predicted octanol–water partition coefficient (Wildman–Crippen LogP) is 1.70. The third-order valence-corrected chi connectivity index (χ3v) is 2.01. The molecule has 14 heavy (non-hydrogen) atoms. The average molecular weight is 201 g/mol. The maximum atomic E-state index is 11.3. The molecule has 1 amide bonds. The molecule has 0 aromatic rings. The summed E-state index contributed by atoms with van der Waals surface area (Å²) in [5.74, 6) is 0.0378. The first-order valence-corrected chi connectivity index (χ1v) is 5.25. The first kappa shape index (κ1) is 13.4. The van der Waals surface area contributed by atoms with Gasteiger partial charge in [0.05, 0.1) is 6.61 Å². The van der Waals surface area contributed by atoms with Gasteiger partial charge in [-0.1, -0.05) is 20.8 Å². The lowest BCUT2D eigenvalue weighted by atomic mass is 9.90. The molecular formula is C11H23NO2. The van der Waals surface area contributed by atoms with Crippen molar-refractivity contribution in [2.24, 2.45) is 5.41 Å². The maximum Gasteiger partial charge on any atom is 0.220 e. The van der Waals surface area contributed by atoms with Crippen LogP contribution in [-0.4, -0.2) is 23.7 Å². The summed E-state index contributed by atoms with van der Waals surface area (Å²) in [6, 6.07) is -0.128. The second-order valence-corrected chi connectivity index (χ2v) is 5.07. The van der Waals surface area contributed by atoms with E-state index >= 15 is 0 Å². The van der Waals surface area contributed by atoms with Crippen LogP contribution in [0.25, 0.3) is 0 Å². The Morgan fingerprint density at radius 1 is 1.43 bits per heavy atom. The third-order valence-electron chi connectivity index (χ3n) is 2.01. The van der Waals surface area contributed by atoms with Gasteiger partial charge in [-0.25, -0.2) is 0 Å². The highest BCUT2D eigenvalue weighted by Crippen LogP contribution is 2.21. The summed E-state index contributed by atoms with van der Waals surface area (Å²) >= 11 is 0. The molecule has 0 rings (SSSR count). The zero-order valence-corrected chi connectivity index (χ0v) is 9.76. The van der Waals surface area contributed by atoms with Crippen molar-refractivity contribution < 1.29 is 9.90 Å². The number of nitrogens with one attached hydrogen (secondary N) is 1. The number of carbonyl (C=O) groups is 1. The molecule has 0 aliphatic heterocycles. The van der Waals surface area contributed by atoms with E-state index in [-0.39, 0.29) is 18.6 Å². The van der Waals surface area contributed by atoms with Gasteiger partial charge in [-0.3, -0.25) is 4.79 Å². The number of carbonyl (C=O) groups excluding carboxylic acids is 1. The molecule has 1 atom stereocenters. The molecule has 0 aliphatic carbocycles. The zero-order chi connectivity index (χ0) is 11.2. The van der Waals surface area contributed by atoms with Crippen molar-refractivity contribution in [3.05, 3.63) is 0 Å². The van der Waals surface area contributed by atoms with E-state index in [1.807, 2.05) is 0 Å². The largest absolute Gasteiger partial charge is 0.394 e. The van der Waals surface area contributed by atoms with Gasteiger partial charge in [0.1, 0.15) is 0 Å². The molecule has 0 saturated heterocycles. The smallest absolute Gasteiger partial charge is 0.220 e. The van der Waals surface area contributed by atoms with Crippen LogP contribution in [0.15, 0.2) is 0 Å². The van der Waals surface area contributed by atoms with Crippen LogP contribution in [0.3, 0.4) is 0 Å². The molecule has 0 fully saturated rings. The minimum atomic E-state index is -0.128. The summed E-state index contributed by atoms with van der Waals surface area (Å²) < 4.78 is 0. The van der Waals surface area contributed by atoms with Crippen LogP contribution < -0.4 is 5.32 Å². The molecule has 0 aliphatic rings. The van der Waals surface area contributed by atoms with Crippen molar-refractivity contribution >= 4 is 5.91 Å². The number of aliphatic hydroxyl groups excluding tert-OH is 1. The summed E-state index contributed by atoms with van der Waals surface area (Å²) in [7, 11) is 0. The van der Waals surface area contributed by atoms with E-state index in [2.05, 4.69) is 26.1 Å². The lowest BCUT2D eigenvalue weighted by Crippen LogP contribution is -2.34. The highest BCUT2D eigenvalue weighted by atomic mass is 16.3. The molecule has 0 bridgehead atoms. The fourth-order valence-electron chi connectivity index (χ4n) is 1.17. The van der Waals surface area contributed by atoms with E-state index in [4.69, 9.17) is 5.11 Å². The third kappa shape index (κ3) is 8.05. The molecule has 3 nitrogen and oxygen atoms in total. The second-order valence-electron chi connectivity index (χ2n) is 5.07. The van der Waals surface area contributed by atoms with Gasteiger partial charge in [0.2, 0.25) is 5.91 Å². The van der Waals surface area contributed by atoms with Crippen LogP contribution in [-0.2, 0) is 4.79 Å². The summed E-state index contributed by atoms with van der Waals surface area (Å²) in [4.78, 5) is 11.3. The van der Waals surface area contributed by atoms with E-state index in [9.17, 15) is 4.79 Å². The Hall–Kier alpha value is -0.570. The maximum absolute atomic E-state index is 11.3. The quantitative estimate of drug-likeness (QED) is 0.711. The Balaban J connectivity index is 3.55. The van der Waals surface area contributed by atoms with Crippen LogP contribution in [0.1, 0.15) is 47.0 Å². The Morgan fingerprint density at radius 2 is 2.00 bits per heavy atom. The summed E-state index contributed by atoms with van der Waals surface area (Å²) in [6.07, 6.45) is 2.52. The van der Waals surface area contributed by atoms with Crippen molar-refractivity contribution in [2.75, 3.05) is 6.61 Å². The van der Waals surface area contributed by atoms with Gasteiger partial charge >= 0.3 is 0 Å². The lowest BCUT2D eigenvalue weighted by molar-refractivity contribution is -0.122. The van der Waals surface area contributed by atoms with Gasteiger partial charge < -0.3 is 10.4 Å². The topological polar surface area (TPSA) is 49.3 Å². The van der Waals surface area contributed by atoms with Crippen molar-refractivity contribution in [1.29, 1.82) is 0 Å². The molecule has 1 unspecified atom stereocenters. The van der Waals surface area contributed by atoms with Gasteiger partial charge in [0.15, 0.2) is 0 Å². The fraction of sp³-hybridized carbons (Fsp3) is 0.909. The zero-order valence-electron chi connectivity index (χ0n) is 9.76. The van der Waals surface area contributed by atoms with E-state index in [0.717, 1.165) is 12.8 Å². The molecule has 0 aromatic carbocycles. The molecule has 0 heterocycles. The number of amides is 1. The molecule has 84 valence electrons. The standard InChI is InChI=1S/C11H23NO2/c1-9(8-13)12-10(14)6-5-7-11(2,3)4/h9,13H,5-8H2,1-4H3,(H,12,14). The molecule has 0 saturated carbocycles. The van der Waals surface area contributed by atoms with Crippen molar-refractivity contribution in [2.45, 2.75) is 53.0 Å². The summed E-state index contributed by atoms with van der Waals surface area (Å²) in [5.41, 5.74) is 0.295. The normalized spacial score (nSPS) is 13.8. The molecule has 0 radical (unpaired) electrons. The number of hydrogen-bond donors (Lipinski definition) is 2. The van der Waals surface area contributed by atoms with E-state index in [0.29, 0.717) is 11.8 Å². The Labute approximate surface area is 86.9 Å². The first-order valence-electron chi connectivity index (χ1n) is 5.25. The number of hydrogen-bond acceptors (Lipinski definition) is 2. The predicted molar refractivity (Wildman–Crippen MR) is 58.0 cm³/mol. The Bertz CT molecular complexity index is 173. The molecular weight excluding hydrogens is 178 g/mol. The van der Waals surface area contributed by atoms with Crippen molar-refractivity contribution in [3.8, 4) is 0 Å². The molecule has 0 aromatic heterocycles. The van der Waals surface area contributed by atoms with Gasteiger partial charge in [-0.05, 0) is 25.2 Å². The molecule has 3 heteroatoms. The SMILES string of the molecule is CC(CO)NC(=O)CCCC(C)(C)C. The van der Waals surface area contributed by atoms with Crippen LogP contribution in [0.4, 0.5) is 0 Å². The highest BCUT2D eigenvalue weighted by Gasteiger charge is 2.11. The highest BCUT2D eigenvalue weighted by molar-refractivity contribution is 5.76. The monoisotopic (exact) mass is 201 g/mol. The molecule has 2 N–H and O–H groups in total. The summed E-state index contributed by atoms with van der Waals surface area (Å²) in [5, 5.41) is 11.5. The Kier molecular flexibility index (Phi) is 5.77. The number of aliphatic hydroxyl groups is 1. The van der Waals surface area contributed by atoms with E-state index in [1.165, 1.54) is 0 Å². The van der Waals surface area contributed by atoms with Crippen LogP contribution >= 0.6 is 0 Å².